The number of anilines is 1. The zero-order valence-electron chi connectivity index (χ0n) is 20.6. The highest BCUT2D eigenvalue weighted by atomic mass is 35.5. The number of carbonyl (C=O) groups excluding carboxylic acids is 3. The number of hydrogen-bond donors (Lipinski definition) is 1. The largest absolute Gasteiger partial charge is 0.490 e. The molecule has 1 N–H and O–H groups in total. The molecule has 1 aliphatic heterocycles. The van der Waals surface area contributed by atoms with E-state index in [1.807, 2.05) is 32.0 Å². The number of hydrogen-bond acceptors (Lipinski definition) is 6. The number of carbonyl (C=O) groups is 3. The number of thioether (sulfide) groups is 1. The highest BCUT2D eigenvalue weighted by Crippen LogP contribution is 2.37. The van der Waals surface area contributed by atoms with Crippen LogP contribution in [0.2, 0.25) is 10.0 Å². The third kappa shape index (κ3) is 6.69. The van der Waals surface area contributed by atoms with Crippen molar-refractivity contribution in [2.75, 3.05) is 18.5 Å². The number of rotatable bonds is 9. The van der Waals surface area contributed by atoms with Crippen LogP contribution in [0, 0.1) is 6.92 Å². The summed E-state index contributed by atoms with van der Waals surface area (Å²) < 4.78 is 11.4. The quantitative estimate of drug-likeness (QED) is 0.280. The molecule has 0 atom stereocenters. The molecule has 10 heteroatoms. The number of nitrogens with zero attached hydrogens (tertiary/aromatic N) is 1. The first kappa shape index (κ1) is 27.6. The average molecular weight is 571 g/mol. The number of benzene rings is 3. The molecule has 0 saturated carbocycles. The number of ether oxygens (including phenoxy) is 2. The van der Waals surface area contributed by atoms with Gasteiger partial charge in [0.2, 0.25) is 0 Å². The van der Waals surface area contributed by atoms with Gasteiger partial charge in [0.1, 0.15) is 0 Å². The lowest BCUT2D eigenvalue weighted by atomic mass is 10.1. The first-order chi connectivity index (χ1) is 18.2. The van der Waals surface area contributed by atoms with Crippen molar-refractivity contribution in [1.82, 2.24) is 4.90 Å². The van der Waals surface area contributed by atoms with Crippen molar-refractivity contribution < 1.29 is 23.9 Å². The molecule has 0 spiro atoms. The molecule has 0 aliphatic carbocycles. The Morgan fingerprint density at radius 1 is 1.00 bits per heavy atom. The van der Waals surface area contributed by atoms with Crippen LogP contribution >= 0.6 is 35.0 Å². The summed E-state index contributed by atoms with van der Waals surface area (Å²) >= 11 is 13.3. The number of aryl methyl sites for hydroxylation is 1. The van der Waals surface area contributed by atoms with Crippen LogP contribution in [0.25, 0.3) is 6.08 Å². The van der Waals surface area contributed by atoms with Gasteiger partial charge < -0.3 is 14.8 Å². The number of imide groups is 1. The van der Waals surface area contributed by atoms with Gasteiger partial charge in [-0.1, -0.05) is 47.5 Å². The van der Waals surface area contributed by atoms with E-state index in [2.05, 4.69) is 5.32 Å². The lowest BCUT2D eigenvalue weighted by Crippen LogP contribution is -2.27. The Hall–Kier alpha value is -3.46. The van der Waals surface area contributed by atoms with E-state index in [9.17, 15) is 14.4 Å². The van der Waals surface area contributed by atoms with Crippen LogP contribution in [0.5, 0.6) is 11.5 Å². The van der Waals surface area contributed by atoms with Gasteiger partial charge in [0, 0.05) is 21.3 Å². The van der Waals surface area contributed by atoms with Crippen LogP contribution < -0.4 is 14.8 Å². The van der Waals surface area contributed by atoms with Gasteiger partial charge in [0.05, 0.1) is 18.1 Å². The maximum atomic E-state index is 13.0. The van der Waals surface area contributed by atoms with Crippen molar-refractivity contribution in [3.8, 4) is 11.5 Å². The van der Waals surface area contributed by atoms with Crippen LogP contribution in [0.15, 0.2) is 65.6 Å². The van der Waals surface area contributed by atoms with Gasteiger partial charge in [0.25, 0.3) is 17.1 Å². The van der Waals surface area contributed by atoms with Crippen LogP contribution in [-0.4, -0.2) is 35.2 Å². The van der Waals surface area contributed by atoms with Crippen LogP contribution in [-0.2, 0) is 16.1 Å². The van der Waals surface area contributed by atoms with Gasteiger partial charge in [-0.25, -0.2) is 0 Å². The van der Waals surface area contributed by atoms with Crippen LogP contribution in [0.3, 0.4) is 0 Å². The van der Waals surface area contributed by atoms with Crippen molar-refractivity contribution in [2.24, 2.45) is 0 Å². The summed E-state index contributed by atoms with van der Waals surface area (Å²) in [4.78, 5) is 39.3. The van der Waals surface area contributed by atoms with Crippen LogP contribution in [0.1, 0.15) is 23.6 Å². The maximum absolute atomic E-state index is 13.0. The highest BCUT2D eigenvalue weighted by molar-refractivity contribution is 8.18. The van der Waals surface area contributed by atoms with Crippen molar-refractivity contribution in [3.05, 3.63) is 92.3 Å². The third-order valence-electron chi connectivity index (χ3n) is 5.48. The molecule has 196 valence electrons. The Morgan fingerprint density at radius 3 is 2.45 bits per heavy atom. The van der Waals surface area contributed by atoms with Gasteiger partial charge in [0.15, 0.2) is 18.1 Å². The van der Waals surface area contributed by atoms with Crippen LogP contribution in [0.4, 0.5) is 10.5 Å². The first-order valence-electron chi connectivity index (χ1n) is 11.7. The molecule has 1 heterocycles. The lowest BCUT2D eigenvalue weighted by molar-refractivity contribution is -0.123. The van der Waals surface area contributed by atoms with E-state index in [1.165, 1.54) is 0 Å². The minimum absolute atomic E-state index is 0.0257. The second-order valence-electron chi connectivity index (χ2n) is 8.31. The fourth-order valence-corrected chi connectivity index (χ4v) is 5.05. The van der Waals surface area contributed by atoms with Crippen molar-refractivity contribution in [3.63, 3.8) is 0 Å². The summed E-state index contributed by atoms with van der Waals surface area (Å²) in [6.07, 6.45) is 1.61. The van der Waals surface area contributed by atoms with E-state index in [0.717, 1.165) is 22.2 Å². The molecule has 0 aromatic heterocycles. The van der Waals surface area contributed by atoms with E-state index in [-0.39, 0.29) is 24.0 Å². The summed E-state index contributed by atoms with van der Waals surface area (Å²) in [6, 6.07) is 17.5. The molecule has 0 unspecified atom stereocenters. The molecule has 4 rings (SSSR count). The highest BCUT2D eigenvalue weighted by Gasteiger charge is 2.35. The van der Waals surface area contributed by atoms with Gasteiger partial charge in [-0.15, -0.1) is 0 Å². The van der Waals surface area contributed by atoms with Crippen molar-refractivity contribution in [1.29, 1.82) is 0 Å². The zero-order valence-corrected chi connectivity index (χ0v) is 23.0. The third-order valence-corrected chi connectivity index (χ3v) is 7.09. The standard InChI is InChI=1S/C28H24Cl2N2O5S/c1-3-36-24-13-18(10-11-23(24)37-16-26(33)31-19-7-4-6-17(2)12-19)14-25-27(34)32(28(35)38-25)15-20-21(29)8-5-9-22(20)30/h4-14H,3,15-16H2,1-2H3,(H,31,33)/b25-14-. The Morgan fingerprint density at radius 2 is 1.74 bits per heavy atom. The molecule has 7 nitrogen and oxygen atoms in total. The molecule has 0 radical (unpaired) electrons. The number of amides is 3. The molecular weight excluding hydrogens is 547 g/mol. The Kier molecular flexibility index (Phi) is 8.99. The van der Waals surface area contributed by atoms with Crippen molar-refractivity contribution >= 4 is 63.8 Å². The summed E-state index contributed by atoms with van der Waals surface area (Å²) in [5, 5.41) is 3.14. The Balaban J connectivity index is 1.46. The van der Waals surface area contributed by atoms with E-state index in [1.54, 1.807) is 48.5 Å². The average Bonchev–Trinajstić information content (AvgIpc) is 3.13. The zero-order chi connectivity index (χ0) is 27.2. The summed E-state index contributed by atoms with van der Waals surface area (Å²) in [7, 11) is 0. The SMILES string of the molecule is CCOc1cc(/C=C2\SC(=O)N(Cc3c(Cl)cccc3Cl)C2=O)ccc1OCC(=O)Nc1cccc(C)c1. The lowest BCUT2D eigenvalue weighted by Gasteiger charge is -2.15. The molecule has 3 amide bonds. The molecule has 1 saturated heterocycles. The second kappa shape index (κ2) is 12.4. The molecule has 38 heavy (non-hydrogen) atoms. The molecule has 0 bridgehead atoms. The fourth-order valence-electron chi connectivity index (χ4n) is 3.69. The second-order valence-corrected chi connectivity index (χ2v) is 10.1. The maximum Gasteiger partial charge on any atom is 0.293 e. The first-order valence-corrected chi connectivity index (χ1v) is 13.3. The Bertz CT molecular complexity index is 1410. The van der Waals surface area contributed by atoms with Gasteiger partial charge >= 0.3 is 0 Å². The predicted molar refractivity (Wildman–Crippen MR) is 151 cm³/mol. The van der Waals surface area contributed by atoms with Gasteiger partial charge in [-0.2, -0.15) is 0 Å². The predicted octanol–water partition coefficient (Wildman–Crippen LogP) is 6.95. The Labute approximate surface area is 234 Å². The number of nitrogens with one attached hydrogen (secondary N) is 1. The fraction of sp³-hybridized carbons (Fsp3) is 0.179. The molecular formula is C28H24Cl2N2O5S. The summed E-state index contributed by atoms with van der Waals surface area (Å²) in [5.74, 6) is 0.0352. The van der Waals surface area contributed by atoms with Gasteiger partial charge in [-0.05, 0) is 79.2 Å². The smallest absolute Gasteiger partial charge is 0.293 e. The normalized spacial score (nSPS) is 14.2. The summed E-state index contributed by atoms with van der Waals surface area (Å²) in [6.45, 7) is 3.90. The molecule has 1 fully saturated rings. The van der Waals surface area contributed by atoms with E-state index < -0.39 is 11.1 Å². The van der Waals surface area contributed by atoms with Crippen molar-refractivity contribution in [2.45, 2.75) is 20.4 Å². The monoisotopic (exact) mass is 570 g/mol. The number of halogens is 2. The van der Waals surface area contributed by atoms with Gasteiger partial charge in [-0.3, -0.25) is 19.3 Å². The minimum atomic E-state index is -0.443. The molecule has 3 aromatic carbocycles. The summed E-state index contributed by atoms with van der Waals surface area (Å²) in [5.41, 5.74) is 2.85. The molecule has 3 aromatic rings. The minimum Gasteiger partial charge on any atom is -0.490 e. The topological polar surface area (TPSA) is 84.9 Å². The van der Waals surface area contributed by atoms with E-state index in [4.69, 9.17) is 32.7 Å². The van der Waals surface area contributed by atoms with E-state index in [0.29, 0.717) is 45.0 Å². The molecule has 1 aliphatic rings. The van der Waals surface area contributed by atoms with E-state index >= 15 is 0 Å².